The first-order chi connectivity index (χ1) is 15.5. The van der Waals surface area contributed by atoms with Crippen molar-refractivity contribution in [1.29, 1.82) is 0 Å². The molecule has 0 spiro atoms. The molecule has 0 radical (unpaired) electrons. The zero-order valence-electron chi connectivity index (χ0n) is 17.4. The average Bonchev–Trinajstić information content (AvgIpc) is 2.76. The van der Waals surface area contributed by atoms with Crippen molar-refractivity contribution in [2.75, 3.05) is 18.9 Å². The normalized spacial score (nSPS) is 11.8. The summed E-state index contributed by atoms with van der Waals surface area (Å²) in [6.45, 7) is 0.546. The van der Waals surface area contributed by atoms with Gasteiger partial charge in [0.2, 0.25) is 0 Å². The monoisotopic (exact) mass is 449 g/mol. The van der Waals surface area contributed by atoms with Crippen LogP contribution in [0.3, 0.4) is 0 Å². The molecule has 4 aromatic rings. The van der Waals surface area contributed by atoms with Crippen LogP contribution in [-0.4, -0.2) is 29.5 Å². The highest BCUT2D eigenvalue weighted by Gasteiger charge is 2.16. The number of likely N-dealkylation sites (N-methyl/N-ethyl adjacent to an activating group) is 1. The van der Waals surface area contributed by atoms with Gasteiger partial charge in [0.05, 0.1) is 23.6 Å². The van der Waals surface area contributed by atoms with E-state index in [1.165, 1.54) is 0 Å². The number of nitrogens with one attached hydrogen (secondary N) is 3. The number of hydrogen-bond acceptors (Lipinski definition) is 4. The summed E-state index contributed by atoms with van der Waals surface area (Å²) in [5.74, 6) is 1.45. The van der Waals surface area contributed by atoms with E-state index in [4.69, 9.17) is 16.3 Å². The first kappa shape index (κ1) is 21.5. The Morgan fingerprint density at radius 3 is 2.66 bits per heavy atom. The number of amides is 1. The third-order valence-electron chi connectivity index (χ3n) is 4.78. The Labute approximate surface area is 189 Å². The molecule has 32 heavy (non-hydrogen) atoms. The molecule has 0 aliphatic rings. The minimum absolute atomic E-state index is 0.161. The lowest BCUT2D eigenvalue weighted by Crippen LogP contribution is -3.08. The molecule has 4 rings (SSSR count). The summed E-state index contributed by atoms with van der Waals surface area (Å²) in [7, 11) is 1.86. The second-order valence-corrected chi connectivity index (χ2v) is 7.88. The number of carbonyl (C=O) groups excluding carboxylic acids is 1. The van der Waals surface area contributed by atoms with Crippen LogP contribution in [0.5, 0.6) is 11.5 Å². The number of H-pyrrole nitrogens is 1. The number of anilines is 1. The molecule has 3 N–H and O–H groups in total. The van der Waals surface area contributed by atoms with Crippen LogP contribution in [0.15, 0.2) is 77.6 Å². The van der Waals surface area contributed by atoms with E-state index in [1.807, 2.05) is 43.4 Å². The molecule has 0 saturated heterocycles. The Hall–Kier alpha value is -3.68. The summed E-state index contributed by atoms with van der Waals surface area (Å²) in [6, 6.07) is 21.5. The molecular weight excluding hydrogens is 428 g/mol. The topological polar surface area (TPSA) is 88.5 Å². The van der Waals surface area contributed by atoms with Gasteiger partial charge in [-0.25, -0.2) is 4.98 Å². The van der Waals surface area contributed by atoms with E-state index in [-0.39, 0.29) is 18.0 Å². The summed E-state index contributed by atoms with van der Waals surface area (Å²) in [4.78, 5) is 33.1. The van der Waals surface area contributed by atoms with E-state index < -0.39 is 0 Å². The number of benzene rings is 3. The smallest absolute Gasteiger partial charge is 0.279 e. The van der Waals surface area contributed by atoms with Crippen LogP contribution < -0.4 is 20.5 Å². The van der Waals surface area contributed by atoms with Gasteiger partial charge in [0, 0.05) is 5.02 Å². The van der Waals surface area contributed by atoms with Crippen molar-refractivity contribution in [3.05, 3.63) is 94.0 Å². The molecule has 0 fully saturated rings. The van der Waals surface area contributed by atoms with Gasteiger partial charge in [-0.15, -0.1) is 0 Å². The van der Waals surface area contributed by atoms with Gasteiger partial charge in [-0.3, -0.25) is 9.59 Å². The van der Waals surface area contributed by atoms with Crippen molar-refractivity contribution in [2.24, 2.45) is 0 Å². The Bertz CT molecular complexity index is 1310. The van der Waals surface area contributed by atoms with Crippen molar-refractivity contribution in [2.45, 2.75) is 6.54 Å². The van der Waals surface area contributed by atoms with Gasteiger partial charge in [0.15, 0.2) is 18.1 Å². The highest BCUT2D eigenvalue weighted by molar-refractivity contribution is 6.31. The fourth-order valence-electron chi connectivity index (χ4n) is 3.34. The molecule has 1 amide bonds. The first-order valence-corrected chi connectivity index (χ1v) is 10.5. The summed E-state index contributed by atoms with van der Waals surface area (Å²) in [6.07, 6.45) is 0. The van der Waals surface area contributed by atoms with Crippen LogP contribution >= 0.6 is 11.6 Å². The molecule has 0 bridgehead atoms. The molecule has 7 nitrogen and oxygen atoms in total. The van der Waals surface area contributed by atoms with E-state index >= 15 is 0 Å². The molecule has 8 heteroatoms. The van der Waals surface area contributed by atoms with Gasteiger partial charge in [0.25, 0.3) is 11.5 Å². The van der Waals surface area contributed by atoms with Crippen LogP contribution in [0.25, 0.3) is 10.9 Å². The number of halogens is 1. The molecule has 1 aromatic heterocycles. The number of ether oxygens (including phenoxy) is 1. The number of carbonyl (C=O) groups is 1. The number of para-hydroxylation sites is 2. The predicted octanol–water partition coefficient (Wildman–Crippen LogP) is 3.02. The molecular formula is C24H22ClN4O3+. The van der Waals surface area contributed by atoms with Crippen LogP contribution in [0.4, 0.5) is 5.69 Å². The summed E-state index contributed by atoms with van der Waals surface area (Å²) >= 11 is 6.12. The standard InChI is InChI=1S/C24H21ClN4O3/c1-29(14-22-26-19-10-6-5-9-18(19)24(31)28-22)15-23(30)27-20-13-16(25)11-12-21(20)32-17-7-3-2-4-8-17/h2-13H,14-15H2,1H3,(H,27,30)(H,26,28,31)/p+1. The summed E-state index contributed by atoms with van der Waals surface area (Å²) in [5, 5.41) is 3.89. The van der Waals surface area contributed by atoms with Crippen molar-refractivity contribution < 1.29 is 14.4 Å². The SMILES string of the molecule is C[NH+](CC(=O)Nc1cc(Cl)ccc1Oc1ccccc1)Cc1nc2ccccc2c(=O)[nH]1. The maximum absolute atomic E-state index is 12.7. The Kier molecular flexibility index (Phi) is 6.49. The lowest BCUT2D eigenvalue weighted by molar-refractivity contribution is -0.885. The molecule has 0 aliphatic heterocycles. The molecule has 3 aromatic carbocycles. The van der Waals surface area contributed by atoms with E-state index in [0.29, 0.717) is 45.5 Å². The maximum Gasteiger partial charge on any atom is 0.279 e. The summed E-state index contributed by atoms with van der Waals surface area (Å²) < 4.78 is 5.89. The summed E-state index contributed by atoms with van der Waals surface area (Å²) in [5.41, 5.74) is 0.922. The average molecular weight is 450 g/mol. The fourth-order valence-corrected chi connectivity index (χ4v) is 3.51. The van der Waals surface area contributed by atoms with Gasteiger partial charge in [-0.1, -0.05) is 41.9 Å². The second kappa shape index (κ2) is 9.64. The van der Waals surface area contributed by atoms with E-state index in [1.54, 1.807) is 36.4 Å². The highest BCUT2D eigenvalue weighted by atomic mass is 35.5. The van der Waals surface area contributed by atoms with Gasteiger partial charge in [-0.2, -0.15) is 0 Å². The van der Waals surface area contributed by atoms with Crippen molar-refractivity contribution in [1.82, 2.24) is 9.97 Å². The molecule has 1 heterocycles. The highest BCUT2D eigenvalue weighted by Crippen LogP contribution is 2.31. The maximum atomic E-state index is 12.7. The van der Waals surface area contributed by atoms with E-state index in [9.17, 15) is 9.59 Å². The van der Waals surface area contributed by atoms with Crippen LogP contribution in [0.1, 0.15) is 5.82 Å². The van der Waals surface area contributed by atoms with Crippen LogP contribution in [0.2, 0.25) is 5.02 Å². The lowest BCUT2D eigenvalue weighted by atomic mass is 10.2. The third kappa shape index (κ3) is 5.32. The second-order valence-electron chi connectivity index (χ2n) is 7.44. The van der Waals surface area contributed by atoms with Gasteiger partial charge >= 0.3 is 0 Å². The largest absolute Gasteiger partial charge is 0.455 e. The van der Waals surface area contributed by atoms with Gasteiger partial charge in [0.1, 0.15) is 12.3 Å². The number of aromatic nitrogens is 2. The zero-order chi connectivity index (χ0) is 22.5. The number of aromatic amines is 1. The molecule has 1 unspecified atom stereocenters. The van der Waals surface area contributed by atoms with Crippen molar-refractivity contribution in [3.8, 4) is 11.5 Å². The number of quaternary nitrogens is 1. The minimum Gasteiger partial charge on any atom is -0.455 e. The Morgan fingerprint density at radius 1 is 1.09 bits per heavy atom. The van der Waals surface area contributed by atoms with Gasteiger partial charge in [-0.05, 0) is 42.5 Å². The number of fused-ring (bicyclic) bond motifs is 1. The van der Waals surface area contributed by atoms with E-state index in [2.05, 4.69) is 15.3 Å². The van der Waals surface area contributed by atoms with Gasteiger partial charge < -0.3 is 19.9 Å². The quantitative estimate of drug-likeness (QED) is 0.404. The number of rotatable bonds is 7. The lowest BCUT2D eigenvalue weighted by Gasteiger charge is -2.15. The molecule has 0 aliphatic carbocycles. The minimum atomic E-state index is -0.217. The Morgan fingerprint density at radius 2 is 1.84 bits per heavy atom. The van der Waals surface area contributed by atoms with Crippen LogP contribution in [0, 0.1) is 0 Å². The molecule has 162 valence electrons. The Balaban J connectivity index is 1.43. The zero-order valence-corrected chi connectivity index (χ0v) is 18.1. The fraction of sp³-hybridized carbons (Fsp3) is 0.125. The van der Waals surface area contributed by atoms with Crippen molar-refractivity contribution >= 4 is 34.1 Å². The van der Waals surface area contributed by atoms with Crippen molar-refractivity contribution in [3.63, 3.8) is 0 Å². The van der Waals surface area contributed by atoms with Crippen LogP contribution in [-0.2, 0) is 11.3 Å². The number of hydrogen-bond donors (Lipinski definition) is 3. The number of nitrogens with zero attached hydrogens (tertiary/aromatic N) is 1. The predicted molar refractivity (Wildman–Crippen MR) is 124 cm³/mol. The first-order valence-electron chi connectivity index (χ1n) is 10.1. The molecule has 0 saturated carbocycles. The van der Waals surface area contributed by atoms with E-state index in [0.717, 1.165) is 4.90 Å². The molecule has 1 atom stereocenters. The third-order valence-corrected chi connectivity index (χ3v) is 5.02.